The molecule has 6 heteroatoms. The molecule has 0 saturated carbocycles. The topological polar surface area (TPSA) is 55.1 Å². The Labute approximate surface area is 150 Å². The molecule has 2 heterocycles. The van der Waals surface area contributed by atoms with E-state index in [1.54, 1.807) is 4.52 Å². The largest absolute Gasteiger partial charge is 0.339 e. The number of fused-ring (bicyclic) bond motifs is 1. The van der Waals surface area contributed by atoms with Gasteiger partial charge < -0.3 is 5.32 Å². The van der Waals surface area contributed by atoms with Gasteiger partial charge in [0, 0.05) is 17.3 Å². The molecule has 0 aliphatic heterocycles. The van der Waals surface area contributed by atoms with Crippen molar-refractivity contribution in [2.45, 2.75) is 13.8 Å². The Morgan fingerprint density at radius 1 is 0.960 bits per heavy atom. The number of nitrogens with zero attached hydrogens (tertiary/aromatic N) is 4. The zero-order chi connectivity index (χ0) is 17.4. The van der Waals surface area contributed by atoms with E-state index in [2.05, 4.69) is 26.4 Å². The van der Waals surface area contributed by atoms with Crippen molar-refractivity contribution in [3.05, 3.63) is 70.9 Å². The SMILES string of the molecule is Cc1cccc(-c2nc3nc(C)cc(Nc4ccccc4Cl)n3n2)c1. The highest BCUT2D eigenvalue weighted by Crippen LogP contribution is 2.26. The third kappa shape index (κ3) is 3.06. The van der Waals surface area contributed by atoms with Crippen molar-refractivity contribution in [1.82, 2.24) is 19.6 Å². The summed E-state index contributed by atoms with van der Waals surface area (Å²) in [6, 6.07) is 17.6. The number of hydrogen-bond acceptors (Lipinski definition) is 4. The lowest BCUT2D eigenvalue weighted by molar-refractivity contribution is 0.940. The first-order valence-corrected chi connectivity index (χ1v) is 8.31. The van der Waals surface area contributed by atoms with Gasteiger partial charge in [0.1, 0.15) is 5.82 Å². The molecule has 0 atom stereocenters. The summed E-state index contributed by atoms with van der Waals surface area (Å²) in [5.74, 6) is 1.96. The smallest absolute Gasteiger partial charge is 0.254 e. The Balaban J connectivity index is 1.83. The van der Waals surface area contributed by atoms with Crippen LogP contribution in [0.3, 0.4) is 0 Å². The molecule has 1 N–H and O–H groups in total. The number of rotatable bonds is 3. The third-order valence-electron chi connectivity index (χ3n) is 3.85. The zero-order valence-electron chi connectivity index (χ0n) is 13.9. The molecule has 4 aromatic rings. The van der Waals surface area contributed by atoms with Crippen molar-refractivity contribution in [3.63, 3.8) is 0 Å². The van der Waals surface area contributed by atoms with Gasteiger partial charge in [0.15, 0.2) is 5.82 Å². The van der Waals surface area contributed by atoms with Gasteiger partial charge in [-0.05, 0) is 32.0 Å². The summed E-state index contributed by atoms with van der Waals surface area (Å²) in [6.45, 7) is 3.98. The van der Waals surface area contributed by atoms with Crippen molar-refractivity contribution in [2.24, 2.45) is 0 Å². The highest BCUT2D eigenvalue weighted by atomic mass is 35.5. The molecule has 2 aromatic carbocycles. The minimum absolute atomic E-state index is 0.547. The first kappa shape index (κ1) is 15.6. The quantitative estimate of drug-likeness (QED) is 0.577. The number of aromatic nitrogens is 4. The molecule has 0 radical (unpaired) electrons. The average Bonchev–Trinajstić information content (AvgIpc) is 3.01. The molecule has 5 nitrogen and oxygen atoms in total. The first-order valence-electron chi connectivity index (χ1n) is 7.93. The molecule has 0 aliphatic rings. The Morgan fingerprint density at radius 2 is 1.80 bits per heavy atom. The maximum absolute atomic E-state index is 6.26. The van der Waals surface area contributed by atoms with Crippen LogP contribution in [0, 0.1) is 13.8 Å². The molecule has 0 amide bonds. The lowest BCUT2D eigenvalue weighted by Crippen LogP contribution is -2.03. The number of aryl methyl sites for hydroxylation is 2. The predicted molar refractivity (Wildman–Crippen MR) is 100 cm³/mol. The van der Waals surface area contributed by atoms with E-state index in [0.717, 1.165) is 28.3 Å². The van der Waals surface area contributed by atoms with E-state index in [-0.39, 0.29) is 0 Å². The molecule has 0 saturated heterocycles. The van der Waals surface area contributed by atoms with Gasteiger partial charge in [0.2, 0.25) is 0 Å². The van der Waals surface area contributed by atoms with Gasteiger partial charge in [-0.2, -0.15) is 9.50 Å². The fraction of sp³-hybridized carbons (Fsp3) is 0.105. The summed E-state index contributed by atoms with van der Waals surface area (Å²) in [5, 5.41) is 8.59. The second kappa shape index (κ2) is 6.18. The summed E-state index contributed by atoms with van der Waals surface area (Å²) in [5.41, 5.74) is 3.79. The van der Waals surface area contributed by atoms with Crippen LogP contribution in [-0.2, 0) is 0 Å². The number of halogens is 1. The van der Waals surface area contributed by atoms with Gasteiger partial charge in [-0.15, -0.1) is 5.10 Å². The second-order valence-corrected chi connectivity index (χ2v) is 6.31. The molecule has 4 rings (SSSR count). The molecular weight excluding hydrogens is 334 g/mol. The van der Waals surface area contributed by atoms with Gasteiger partial charge in [-0.3, -0.25) is 0 Å². The van der Waals surface area contributed by atoms with Gasteiger partial charge in [-0.1, -0.05) is 47.5 Å². The van der Waals surface area contributed by atoms with Gasteiger partial charge in [0.05, 0.1) is 10.7 Å². The van der Waals surface area contributed by atoms with Crippen LogP contribution in [-0.4, -0.2) is 19.6 Å². The van der Waals surface area contributed by atoms with E-state index >= 15 is 0 Å². The number of hydrogen-bond donors (Lipinski definition) is 1. The molecule has 0 unspecified atom stereocenters. The number of nitrogens with one attached hydrogen (secondary N) is 1. The standard InChI is InChI=1S/C19H16ClN5/c1-12-6-5-7-14(10-12)18-23-19-21-13(2)11-17(25(19)24-18)22-16-9-4-3-8-15(16)20/h3-11,22H,1-2H3. The van der Waals surface area contributed by atoms with Crippen LogP contribution in [0.25, 0.3) is 17.2 Å². The van der Waals surface area contributed by atoms with Crippen LogP contribution in [0.5, 0.6) is 0 Å². The molecule has 0 aliphatic carbocycles. The van der Waals surface area contributed by atoms with E-state index in [1.807, 2.05) is 62.4 Å². The van der Waals surface area contributed by atoms with E-state index in [9.17, 15) is 0 Å². The van der Waals surface area contributed by atoms with Crippen molar-refractivity contribution in [2.75, 3.05) is 5.32 Å². The van der Waals surface area contributed by atoms with Gasteiger partial charge in [0.25, 0.3) is 5.78 Å². The lowest BCUT2D eigenvalue weighted by atomic mass is 10.1. The van der Waals surface area contributed by atoms with E-state index in [0.29, 0.717) is 16.6 Å². The Kier molecular flexibility index (Phi) is 3.86. The predicted octanol–water partition coefficient (Wildman–Crippen LogP) is 4.81. The second-order valence-electron chi connectivity index (χ2n) is 5.90. The van der Waals surface area contributed by atoms with Crippen molar-refractivity contribution < 1.29 is 0 Å². The van der Waals surface area contributed by atoms with Crippen molar-refractivity contribution >= 4 is 28.9 Å². The summed E-state index contributed by atoms with van der Waals surface area (Å²) in [4.78, 5) is 9.06. The number of benzene rings is 2. The van der Waals surface area contributed by atoms with Crippen LogP contribution < -0.4 is 5.32 Å². The summed E-state index contributed by atoms with van der Waals surface area (Å²) >= 11 is 6.26. The van der Waals surface area contributed by atoms with Crippen LogP contribution in [0.15, 0.2) is 54.6 Å². The Hall–Kier alpha value is -2.92. The zero-order valence-corrected chi connectivity index (χ0v) is 14.6. The summed E-state index contributed by atoms with van der Waals surface area (Å²) in [7, 11) is 0. The molecular formula is C19H16ClN5. The summed E-state index contributed by atoms with van der Waals surface area (Å²) < 4.78 is 1.70. The molecule has 0 bridgehead atoms. The first-order chi connectivity index (χ1) is 12.1. The highest BCUT2D eigenvalue weighted by Gasteiger charge is 2.12. The van der Waals surface area contributed by atoms with Gasteiger partial charge >= 0.3 is 0 Å². The molecule has 2 aromatic heterocycles. The minimum Gasteiger partial charge on any atom is -0.339 e. The monoisotopic (exact) mass is 349 g/mol. The van der Waals surface area contributed by atoms with Crippen molar-refractivity contribution in [3.8, 4) is 11.4 Å². The maximum Gasteiger partial charge on any atom is 0.254 e. The lowest BCUT2D eigenvalue weighted by Gasteiger charge is -2.09. The Morgan fingerprint density at radius 3 is 2.60 bits per heavy atom. The third-order valence-corrected chi connectivity index (χ3v) is 4.18. The van der Waals surface area contributed by atoms with E-state index < -0.39 is 0 Å². The normalized spacial score (nSPS) is 11.0. The molecule has 0 spiro atoms. The van der Waals surface area contributed by atoms with E-state index in [1.165, 1.54) is 0 Å². The van der Waals surface area contributed by atoms with Crippen molar-refractivity contribution in [1.29, 1.82) is 0 Å². The van der Waals surface area contributed by atoms with Crippen LogP contribution in [0.2, 0.25) is 5.02 Å². The molecule has 25 heavy (non-hydrogen) atoms. The van der Waals surface area contributed by atoms with Crippen LogP contribution in [0.1, 0.15) is 11.3 Å². The minimum atomic E-state index is 0.547. The van der Waals surface area contributed by atoms with Crippen LogP contribution in [0.4, 0.5) is 11.5 Å². The molecule has 0 fully saturated rings. The fourth-order valence-corrected chi connectivity index (χ4v) is 2.87. The number of anilines is 2. The number of para-hydroxylation sites is 1. The van der Waals surface area contributed by atoms with Gasteiger partial charge in [-0.25, -0.2) is 4.98 Å². The van der Waals surface area contributed by atoms with Crippen LogP contribution >= 0.6 is 11.6 Å². The molecule has 124 valence electrons. The fourth-order valence-electron chi connectivity index (χ4n) is 2.68. The summed E-state index contributed by atoms with van der Waals surface area (Å²) in [6.07, 6.45) is 0. The Bertz CT molecular complexity index is 1070. The van der Waals surface area contributed by atoms with E-state index in [4.69, 9.17) is 11.6 Å². The highest BCUT2D eigenvalue weighted by molar-refractivity contribution is 6.33. The maximum atomic E-state index is 6.26. The average molecular weight is 350 g/mol.